The SMILES string of the molecule is C[C@]12CCCC[C@@H]1CC[C@H]1[C@H]2CC[C@@]2(C)C(=O)/C(=C/c3ccc(Cl)cc3)C[C@H]12. The van der Waals surface area contributed by atoms with Crippen LogP contribution in [0.2, 0.25) is 5.02 Å². The second-order valence-corrected chi connectivity index (χ2v) is 11.0. The highest BCUT2D eigenvalue weighted by Gasteiger charge is 2.60. The van der Waals surface area contributed by atoms with E-state index in [1.807, 2.05) is 24.3 Å². The van der Waals surface area contributed by atoms with Crippen LogP contribution in [0.1, 0.15) is 77.2 Å². The molecule has 5 rings (SSSR count). The van der Waals surface area contributed by atoms with E-state index >= 15 is 0 Å². The van der Waals surface area contributed by atoms with Crippen molar-refractivity contribution >= 4 is 23.5 Å². The van der Waals surface area contributed by atoms with Crippen molar-refractivity contribution in [2.24, 2.45) is 34.5 Å². The summed E-state index contributed by atoms with van der Waals surface area (Å²) in [6, 6.07) is 7.90. The van der Waals surface area contributed by atoms with E-state index in [-0.39, 0.29) is 5.41 Å². The first-order valence-corrected chi connectivity index (χ1v) is 11.8. The van der Waals surface area contributed by atoms with E-state index in [4.69, 9.17) is 11.6 Å². The summed E-state index contributed by atoms with van der Waals surface area (Å²) in [7, 11) is 0. The lowest BCUT2D eigenvalue weighted by Crippen LogP contribution is -2.52. The van der Waals surface area contributed by atoms with Gasteiger partial charge in [0, 0.05) is 10.4 Å². The minimum atomic E-state index is -0.128. The zero-order valence-electron chi connectivity index (χ0n) is 17.3. The number of allylic oxidation sites excluding steroid dienone is 1. The van der Waals surface area contributed by atoms with Crippen LogP contribution in [0, 0.1) is 34.5 Å². The average molecular weight is 397 g/mol. The van der Waals surface area contributed by atoms with Crippen molar-refractivity contribution in [2.75, 3.05) is 0 Å². The molecule has 4 fully saturated rings. The minimum Gasteiger partial charge on any atom is -0.294 e. The quantitative estimate of drug-likeness (QED) is 0.454. The number of Topliss-reactive ketones (excluding diaryl/α,β-unsaturated/α-hetero) is 1. The summed E-state index contributed by atoms with van der Waals surface area (Å²) in [5.74, 6) is 3.51. The summed E-state index contributed by atoms with van der Waals surface area (Å²) in [5, 5.41) is 0.751. The Kier molecular flexibility index (Phi) is 4.54. The van der Waals surface area contributed by atoms with E-state index < -0.39 is 0 Å². The molecule has 6 atom stereocenters. The Bertz CT molecular complexity index is 808. The fraction of sp³-hybridized carbons (Fsp3) is 0.654. The molecule has 150 valence electrons. The largest absolute Gasteiger partial charge is 0.294 e. The molecule has 0 radical (unpaired) electrons. The maximum absolute atomic E-state index is 13.5. The van der Waals surface area contributed by atoms with Crippen LogP contribution in [0.15, 0.2) is 29.8 Å². The zero-order chi connectivity index (χ0) is 19.5. The van der Waals surface area contributed by atoms with Crippen LogP contribution >= 0.6 is 11.6 Å². The van der Waals surface area contributed by atoms with Crippen molar-refractivity contribution in [1.29, 1.82) is 0 Å². The zero-order valence-corrected chi connectivity index (χ0v) is 18.1. The van der Waals surface area contributed by atoms with Gasteiger partial charge in [-0.05, 0) is 103 Å². The molecule has 0 unspecified atom stereocenters. The predicted octanol–water partition coefficient (Wildman–Crippen LogP) is 7.34. The van der Waals surface area contributed by atoms with E-state index in [0.717, 1.165) is 46.8 Å². The number of halogens is 1. The van der Waals surface area contributed by atoms with E-state index in [9.17, 15) is 4.79 Å². The number of carbonyl (C=O) groups is 1. The summed E-state index contributed by atoms with van der Waals surface area (Å²) in [6.07, 6.45) is 14.0. The first-order chi connectivity index (χ1) is 13.4. The van der Waals surface area contributed by atoms with Gasteiger partial charge in [0.2, 0.25) is 0 Å². The van der Waals surface area contributed by atoms with E-state index in [1.54, 1.807) is 0 Å². The average Bonchev–Trinajstić information content (AvgIpc) is 2.94. The van der Waals surface area contributed by atoms with Crippen molar-refractivity contribution < 1.29 is 4.79 Å². The smallest absolute Gasteiger partial charge is 0.165 e. The molecule has 0 spiro atoms. The molecule has 0 saturated heterocycles. The first-order valence-electron chi connectivity index (χ1n) is 11.4. The van der Waals surface area contributed by atoms with Gasteiger partial charge in [-0.2, -0.15) is 0 Å². The molecule has 0 amide bonds. The van der Waals surface area contributed by atoms with Gasteiger partial charge in [0.1, 0.15) is 0 Å². The van der Waals surface area contributed by atoms with Gasteiger partial charge < -0.3 is 0 Å². The Morgan fingerprint density at radius 1 is 0.964 bits per heavy atom. The minimum absolute atomic E-state index is 0.128. The Morgan fingerprint density at radius 2 is 1.75 bits per heavy atom. The Balaban J connectivity index is 1.45. The predicted molar refractivity (Wildman–Crippen MR) is 116 cm³/mol. The summed E-state index contributed by atoms with van der Waals surface area (Å²) in [4.78, 5) is 13.5. The van der Waals surface area contributed by atoms with Crippen LogP contribution in [0.5, 0.6) is 0 Å². The van der Waals surface area contributed by atoms with Crippen molar-refractivity contribution in [2.45, 2.75) is 71.6 Å². The third-order valence-electron chi connectivity index (χ3n) is 9.43. The highest BCUT2D eigenvalue weighted by Crippen LogP contribution is 2.66. The molecule has 4 saturated carbocycles. The monoisotopic (exact) mass is 396 g/mol. The van der Waals surface area contributed by atoms with Crippen LogP contribution in [-0.4, -0.2) is 5.78 Å². The number of rotatable bonds is 1. The normalized spacial score (nSPS) is 44.1. The lowest BCUT2D eigenvalue weighted by Gasteiger charge is -2.59. The molecule has 0 bridgehead atoms. The lowest BCUT2D eigenvalue weighted by molar-refractivity contribution is -0.137. The van der Waals surface area contributed by atoms with Crippen LogP contribution in [0.25, 0.3) is 6.08 Å². The maximum atomic E-state index is 13.5. The molecule has 2 heteroatoms. The fourth-order valence-corrected chi connectivity index (χ4v) is 7.98. The van der Waals surface area contributed by atoms with Crippen molar-refractivity contribution in [3.8, 4) is 0 Å². The molecular formula is C26H33ClO. The van der Waals surface area contributed by atoms with Gasteiger partial charge in [-0.25, -0.2) is 0 Å². The summed E-state index contributed by atoms with van der Waals surface area (Å²) >= 11 is 6.04. The number of hydrogen-bond acceptors (Lipinski definition) is 1. The molecule has 1 aromatic carbocycles. The molecular weight excluding hydrogens is 364 g/mol. The van der Waals surface area contributed by atoms with Crippen LogP contribution < -0.4 is 0 Å². The number of ketones is 1. The molecule has 0 N–H and O–H groups in total. The molecule has 4 aliphatic carbocycles. The molecule has 0 aromatic heterocycles. The highest BCUT2D eigenvalue weighted by atomic mass is 35.5. The first kappa shape index (κ1) is 18.9. The summed E-state index contributed by atoms with van der Waals surface area (Å²) < 4.78 is 0. The van der Waals surface area contributed by atoms with Crippen LogP contribution in [0.3, 0.4) is 0 Å². The summed E-state index contributed by atoms with van der Waals surface area (Å²) in [5.41, 5.74) is 2.58. The number of carbonyl (C=O) groups excluding carboxylic acids is 1. The van der Waals surface area contributed by atoms with Gasteiger partial charge in [0.15, 0.2) is 5.78 Å². The van der Waals surface area contributed by atoms with Gasteiger partial charge in [0.05, 0.1) is 0 Å². The fourth-order valence-electron chi connectivity index (χ4n) is 7.85. The molecule has 28 heavy (non-hydrogen) atoms. The molecule has 0 heterocycles. The maximum Gasteiger partial charge on any atom is 0.165 e. The number of fused-ring (bicyclic) bond motifs is 5. The van der Waals surface area contributed by atoms with Gasteiger partial charge in [-0.3, -0.25) is 4.79 Å². The van der Waals surface area contributed by atoms with Gasteiger partial charge in [0.25, 0.3) is 0 Å². The van der Waals surface area contributed by atoms with Gasteiger partial charge >= 0.3 is 0 Å². The molecule has 1 aromatic rings. The van der Waals surface area contributed by atoms with Crippen molar-refractivity contribution in [3.05, 3.63) is 40.4 Å². The second kappa shape index (κ2) is 6.73. The van der Waals surface area contributed by atoms with Crippen molar-refractivity contribution in [1.82, 2.24) is 0 Å². The number of hydrogen-bond donors (Lipinski definition) is 0. The lowest BCUT2D eigenvalue weighted by atomic mass is 9.45. The second-order valence-electron chi connectivity index (χ2n) is 10.6. The molecule has 1 nitrogen and oxygen atoms in total. The van der Waals surface area contributed by atoms with E-state index in [2.05, 4.69) is 19.9 Å². The van der Waals surface area contributed by atoms with E-state index in [0.29, 0.717) is 17.1 Å². The van der Waals surface area contributed by atoms with Crippen LogP contribution in [-0.2, 0) is 4.79 Å². The third kappa shape index (κ3) is 2.76. The van der Waals surface area contributed by atoms with Crippen LogP contribution in [0.4, 0.5) is 0 Å². The van der Waals surface area contributed by atoms with Gasteiger partial charge in [-0.15, -0.1) is 0 Å². The van der Waals surface area contributed by atoms with E-state index in [1.165, 1.54) is 44.9 Å². The van der Waals surface area contributed by atoms with Crippen molar-refractivity contribution in [3.63, 3.8) is 0 Å². The Hall–Kier alpha value is -1.08. The third-order valence-corrected chi connectivity index (χ3v) is 9.69. The van der Waals surface area contributed by atoms with Gasteiger partial charge in [-0.1, -0.05) is 50.4 Å². The summed E-state index contributed by atoms with van der Waals surface area (Å²) in [6.45, 7) is 4.89. The standard InChI is InChI=1S/C26H33ClO/c1-25-13-4-3-5-19(25)8-11-21-22(25)12-14-26(2)23(21)16-18(24(26)28)15-17-6-9-20(27)10-7-17/h6-7,9-10,15,19,21-23H,3-5,8,11-14,16H2,1-2H3/b18-15+/t19-,21+,22-,23-,25+,26-/m1/s1. The topological polar surface area (TPSA) is 17.1 Å². The molecule has 0 aliphatic heterocycles. The number of benzene rings is 1. The Labute approximate surface area is 174 Å². The highest BCUT2D eigenvalue weighted by molar-refractivity contribution is 6.30. The Morgan fingerprint density at radius 3 is 2.54 bits per heavy atom. The molecule has 4 aliphatic rings.